The Morgan fingerprint density at radius 2 is 2.19 bits per heavy atom. The smallest absolute Gasteiger partial charge is 0.153 e. The lowest BCUT2D eigenvalue weighted by molar-refractivity contribution is 0.215. The van der Waals surface area contributed by atoms with Crippen LogP contribution in [0.5, 0.6) is 0 Å². The van der Waals surface area contributed by atoms with Crippen LogP contribution in [0.25, 0.3) is 0 Å². The quantitative estimate of drug-likeness (QED) is 0.885. The average molecular weight is 311 g/mol. The molecule has 1 N–H and O–H groups in total. The van der Waals surface area contributed by atoms with Crippen LogP contribution in [0.3, 0.4) is 0 Å². The van der Waals surface area contributed by atoms with Crippen molar-refractivity contribution in [1.82, 2.24) is 15.2 Å². The van der Waals surface area contributed by atoms with Crippen molar-refractivity contribution >= 4 is 9.84 Å². The van der Waals surface area contributed by atoms with Gasteiger partial charge in [-0.05, 0) is 18.6 Å². The molecule has 0 aromatic carbocycles. The summed E-state index contributed by atoms with van der Waals surface area (Å²) in [5, 5.41) is 3.36. The topological polar surface area (TPSA) is 62.3 Å². The fraction of sp³-hybridized carbons (Fsp3) is 0.667. The monoisotopic (exact) mass is 311 g/mol. The van der Waals surface area contributed by atoms with Gasteiger partial charge in [-0.1, -0.05) is 19.9 Å². The Morgan fingerprint density at radius 1 is 1.43 bits per heavy atom. The first-order chi connectivity index (χ1) is 9.85. The second-order valence-corrected chi connectivity index (χ2v) is 8.36. The highest BCUT2D eigenvalue weighted by Gasteiger charge is 2.28. The molecular formula is C15H25N3O2S. The molecule has 0 aliphatic carbocycles. The van der Waals surface area contributed by atoms with Crippen molar-refractivity contribution in [2.24, 2.45) is 0 Å². The molecule has 1 aromatic heterocycles. The average Bonchev–Trinajstić information content (AvgIpc) is 2.40. The summed E-state index contributed by atoms with van der Waals surface area (Å²) < 4.78 is 23.2. The number of hydrogen-bond acceptors (Lipinski definition) is 5. The largest absolute Gasteiger partial charge is 0.310 e. The van der Waals surface area contributed by atoms with Gasteiger partial charge in [0.2, 0.25) is 0 Å². The second-order valence-electron chi connectivity index (χ2n) is 6.13. The van der Waals surface area contributed by atoms with Crippen molar-refractivity contribution in [3.05, 3.63) is 29.6 Å². The van der Waals surface area contributed by atoms with E-state index in [-0.39, 0.29) is 17.5 Å². The van der Waals surface area contributed by atoms with E-state index < -0.39 is 9.84 Å². The Hall–Kier alpha value is -0.980. The molecule has 2 heterocycles. The van der Waals surface area contributed by atoms with Crippen LogP contribution in [-0.4, -0.2) is 48.4 Å². The number of aromatic nitrogens is 1. The third-order valence-corrected chi connectivity index (χ3v) is 5.57. The van der Waals surface area contributed by atoms with Crippen LogP contribution in [0.1, 0.15) is 32.0 Å². The summed E-state index contributed by atoms with van der Waals surface area (Å²) in [6.45, 7) is 8.35. The molecule has 0 spiro atoms. The van der Waals surface area contributed by atoms with Gasteiger partial charge in [-0.3, -0.25) is 9.88 Å². The molecule has 0 amide bonds. The molecule has 1 aliphatic rings. The summed E-state index contributed by atoms with van der Waals surface area (Å²) >= 11 is 0. The summed E-state index contributed by atoms with van der Waals surface area (Å²) in [4.78, 5) is 6.68. The van der Waals surface area contributed by atoms with E-state index in [1.165, 1.54) is 5.56 Å². The predicted molar refractivity (Wildman–Crippen MR) is 84.7 cm³/mol. The molecule has 21 heavy (non-hydrogen) atoms. The van der Waals surface area contributed by atoms with Crippen LogP contribution >= 0.6 is 0 Å². The maximum atomic E-state index is 11.6. The van der Waals surface area contributed by atoms with Crippen LogP contribution in [0.4, 0.5) is 0 Å². The Kier molecular flexibility index (Phi) is 5.35. The van der Waals surface area contributed by atoms with Crippen LogP contribution in [0.2, 0.25) is 0 Å². The number of nitrogens with zero attached hydrogens (tertiary/aromatic N) is 2. The van der Waals surface area contributed by atoms with Crippen LogP contribution < -0.4 is 5.32 Å². The lowest BCUT2D eigenvalue weighted by atomic mass is 10.2. The molecule has 1 aliphatic heterocycles. The highest BCUT2D eigenvalue weighted by Crippen LogP contribution is 2.14. The van der Waals surface area contributed by atoms with Gasteiger partial charge >= 0.3 is 0 Å². The third kappa shape index (κ3) is 5.05. The number of nitrogens with one attached hydrogen (secondary N) is 1. The SMILES string of the molecule is CC(C)NCc1ccc(CN2CCS(=O)(=O)CC2C)nc1. The standard InChI is InChI=1S/C15H25N3O2S/c1-12(2)16-8-14-4-5-15(17-9-14)10-18-6-7-21(19,20)11-13(18)3/h4-5,9,12-13,16H,6-8,10-11H2,1-3H3. The van der Waals surface area contributed by atoms with Crippen molar-refractivity contribution in [2.75, 3.05) is 18.1 Å². The van der Waals surface area contributed by atoms with Crippen molar-refractivity contribution in [2.45, 2.75) is 45.9 Å². The summed E-state index contributed by atoms with van der Waals surface area (Å²) in [6, 6.07) is 4.64. The third-order valence-electron chi connectivity index (χ3n) is 3.77. The van der Waals surface area contributed by atoms with Gasteiger partial charge in [0.15, 0.2) is 9.84 Å². The minimum atomic E-state index is -2.85. The van der Waals surface area contributed by atoms with E-state index in [0.29, 0.717) is 19.1 Å². The Bertz CT molecular complexity index is 555. The molecule has 0 saturated carbocycles. The molecule has 1 atom stereocenters. The predicted octanol–water partition coefficient (Wildman–Crippen LogP) is 1.20. The molecular weight excluding hydrogens is 286 g/mol. The van der Waals surface area contributed by atoms with E-state index in [9.17, 15) is 8.42 Å². The summed E-state index contributed by atoms with van der Waals surface area (Å²) in [5.41, 5.74) is 2.16. The molecule has 1 saturated heterocycles. The van der Waals surface area contributed by atoms with Crippen molar-refractivity contribution in [1.29, 1.82) is 0 Å². The first-order valence-corrected chi connectivity index (χ1v) is 9.29. The van der Waals surface area contributed by atoms with Gasteiger partial charge in [-0.15, -0.1) is 0 Å². The van der Waals surface area contributed by atoms with Gasteiger partial charge in [-0.2, -0.15) is 0 Å². The first kappa shape index (κ1) is 16.4. The van der Waals surface area contributed by atoms with E-state index in [2.05, 4.69) is 35.1 Å². The van der Waals surface area contributed by atoms with Crippen molar-refractivity contribution in [3.63, 3.8) is 0 Å². The number of sulfone groups is 1. The minimum Gasteiger partial charge on any atom is -0.310 e. The zero-order valence-corrected chi connectivity index (χ0v) is 13.9. The molecule has 5 nitrogen and oxygen atoms in total. The summed E-state index contributed by atoms with van der Waals surface area (Å²) in [6.07, 6.45) is 1.90. The molecule has 6 heteroatoms. The Morgan fingerprint density at radius 3 is 2.76 bits per heavy atom. The van der Waals surface area contributed by atoms with Gasteiger partial charge in [0.1, 0.15) is 0 Å². The van der Waals surface area contributed by atoms with E-state index in [1.54, 1.807) is 0 Å². The molecule has 2 rings (SSSR count). The molecule has 1 aromatic rings. The Balaban J connectivity index is 1.91. The maximum Gasteiger partial charge on any atom is 0.153 e. The van der Waals surface area contributed by atoms with Crippen molar-refractivity contribution in [3.8, 4) is 0 Å². The van der Waals surface area contributed by atoms with Gasteiger partial charge in [0.25, 0.3) is 0 Å². The molecule has 0 radical (unpaired) electrons. The van der Waals surface area contributed by atoms with Crippen LogP contribution in [-0.2, 0) is 22.9 Å². The molecule has 1 fully saturated rings. The summed E-state index contributed by atoms with van der Waals surface area (Å²) in [7, 11) is -2.85. The molecule has 0 bridgehead atoms. The van der Waals surface area contributed by atoms with Gasteiger partial charge in [0.05, 0.1) is 17.2 Å². The van der Waals surface area contributed by atoms with Crippen LogP contribution in [0.15, 0.2) is 18.3 Å². The van der Waals surface area contributed by atoms with E-state index in [1.807, 2.05) is 19.2 Å². The second kappa shape index (κ2) is 6.85. The van der Waals surface area contributed by atoms with Crippen molar-refractivity contribution < 1.29 is 8.42 Å². The molecule has 1 unspecified atom stereocenters. The normalized spacial score (nSPS) is 22.6. The van der Waals surface area contributed by atoms with Gasteiger partial charge in [-0.25, -0.2) is 8.42 Å². The minimum absolute atomic E-state index is 0.0628. The van der Waals surface area contributed by atoms with Gasteiger partial charge < -0.3 is 5.32 Å². The maximum absolute atomic E-state index is 11.6. The summed E-state index contributed by atoms with van der Waals surface area (Å²) in [5.74, 6) is 0.511. The van der Waals surface area contributed by atoms with E-state index in [0.717, 1.165) is 12.2 Å². The molecule has 118 valence electrons. The van der Waals surface area contributed by atoms with Crippen LogP contribution in [0, 0.1) is 0 Å². The number of rotatable bonds is 5. The number of hydrogen-bond donors (Lipinski definition) is 1. The van der Waals surface area contributed by atoms with Gasteiger partial charge in [0, 0.05) is 37.9 Å². The lowest BCUT2D eigenvalue weighted by Crippen LogP contribution is -2.46. The lowest BCUT2D eigenvalue weighted by Gasteiger charge is -2.32. The van der Waals surface area contributed by atoms with E-state index >= 15 is 0 Å². The first-order valence-electron chi connectivity index (χ1n) is 7.47. The zero-order valence-electron chi connectivity index (χ0n) is 13.0. The fourth-order valence-electron chi connectivity index (χ4n) is 2.45. The Labute approximate surface area is 127 Å². The fourth-order valence-corrected chi connectivity index (χ4v) is 4.08. The highest BCUT2D eigenvalue weighted by molar-refractivity contribution is 7.91. The highest BCUT2D eigenvalue weighted by atomic mass is 32.2. The van der Waals surface area contributed by atoms with E-state index in [4.69, 9.17) is 0 Å². The number of pyridine rings is 1. The zero-order chi connectivity index (χ0) is 15.5.